The lowest BCUT2D eigenvalue weighted by Crippen LogP contribution is -2.30. The summed E-state index contributed by atoms with van der Waals surface area (Å²) in [4.78, 5) is 38.0. The average Bonchev–Trinajstić information content (AvgIpc) is 3.26. The molecule has 0 amide bonds. The first-order valence-corrected chi connectivity index (χ1v) is 29.1. The zero-order valence-electron chi connectivity index (χ0n) is 44.8. The number of ether oxygens (including phenoxy) is 3. The molecular formula is C59H114O6. The van der Waals surface area contributed by atoms with Crippen LogP contribution in [0.4, 0.5) is 0 Å². The fourth-order valence-electron chi connectivity index (χ4n) is 9.00. The maximum Gasteiger partial charge on any atom is 0.306 e. The van der Waals surface area contributed by atoms with E-state index in [0.29, 0.717) is 19.3 Å². The van der Waals surface area contributed by atoms with Crippen LogP contribution in [-0.2, 0) is 28.6 Å². The summed E-state index contributed by atoms with van der Waals surface area (Å²) < 4.78 is 16.9. The highest BCUT2D eigenvalue weighted by atomic mass is 16.6. The molecule has 0 aromatic heterocycles. The number of carbonyl (C=O) groups is 3. The van der Waals surface area contributed by atoms with Crippen LogP contribution in [0.25, 0.3) is 0 Å². The highest BCUT2D eigenvalue weighted by Gasteiger charge is 2.19. The molecule has 0 aliphatic carbocycles. The van der Waals surface area contributed by atoms with Crippen molar-refractivity contribution < 1.29 is 28.6 Å². The number of hydrogen-bond acceptors (Lipinski definition) is 6. The van der Waals surface area contributed by atoms with E-state index in [4.69, 9.17) is 14.2 Å². The molecule has 0 saturated carbocycles. The van der Waals surface area contributed by atoms with E-state index in [2.05, 4.69) is 41.5 Å². The molecule has 0 spiro atoms. The molecule has 0 aromatic carbocycles. The van der Waals surface area contributed by atoms with Crippen LogP contribution in [0.15, 0.2) is 0 Å². The maximum atomic E-state index is 12.8. The number of carbonyl (C=O) groups excluding carboxylic acids is 3. The van der Waals surface area contributed by atoms with Gasteiger partial charge in [-0.3, -0.25) is 14.4 Å². The summed E-state index contributed by atoms with van der Waals surface area (Å²) in [6, 6.07) is 0. The van der Waals surface area contributed by atoms with E-state index < -0.39 is 6.10 Å². The Labute approximate surface area is 406 Å². The topological polar surface area (TPSA) is 78.9 Å². The third-order valence-electron chi connectivity index (χ3n) is 13.4. The van der Waals surface area contributed by atoms with Crippen molar-refractivity contribution in [1.29, 1.82) is 0 Å². The van der Waals surface area contributed by atoms with Gasteiger partial charge in [-0.1, -0.05) is 286 Å². The first-order chi connectivity index (χ1) is 31.6. The van der Waals surface area contributed by atoms with Crippen LogP contribution in [0.2, 0.25) is 0 Å². The molecule has 6 nitrogen and oxygen atoms in total. The lowest BCUT2D eigenvalue weighted by molar-refractivity contribution is -0.167. The SMILES string of the molecule is CC(C)CCCCCCCCCCCCCCCCCCCCC(=O)O[C@H](COC(=O)CCCCCCCCCCCCCCCCC(C)C)COC(=O)CCCCCCCCC(C)C. The van der Waals surface area contributed by atoms with Gasteiger partial charge in [0.2, 0.25) is 0 Å². The summed E-state index contributed by atoms with van der Waals surface area (Å²) in [6.45, 7) is 13.7. The third-order valence-corrected chi connectivity index (χ3v) is 13.4. The predicted molar refractivity (Wildman–Crippen MR) is 279 cm³/mol. The van der Waals surface area contributed by atoms with Crippen molar-refractivity contribution in [3.8, 4) is 0 Å². The van der Waals surface area contributed by atoms with Crippen LogP contribution >= 0.6 is 0 Å². The van der Waals surface area contributed by atoms with Crippen LogP contribution in [-0.4, -0.2) is 37.2 Å². The summed E-state index contributed by atoms with van der Waals surface area (Å²) in [6.07, 6.45) is 52.6. The van der Waals surface area contributed by atoms with Crippen molar-refractivity contribution in [3.05, 3.63) is 0 Å². The Bertz CT molecular complexity index is 1010. The molecule has 0 aliphatic rings. The van der Waals surface area contributed by atoms with E-state index in [1.165, 1.54) is 205 Å². The molecule has 0 heterocycles. The van der Waals surface area contributed by atoms with Crippen molar-refractivity contribution in [1.82, 2.24) is 0 Å². The number of unbranched alkanes of at least 4 members (excludes halogenated alkanes) is 35. The lowest BCUT2D eigenvalue weighted by atomic mass is 10.0. The molecule has 0 saturated heterocycles. The van der Waals surface area contributed by atoms with E-state index in [0.717, 1.165) is 75.5 Å². The van der Waals surface area contributed by atoms with Gasteiger partial charge in [0.05, 0.1) is 0 Å². The van der Waals surface area contributed by atoms with Gasteiger partial charge in [0.1, 0.15) is 13.2 Å². The minimum atomic E-state index is -0.764. The molecule has 0 N–H and O–H groups in total. The summed E-state index contributed by atoms with van der Waals surface area (Å²) in [5.74, 6) is 1.62. The molecule has 0 aromatic rings. The van der Waals surface area contributed by atoms with Crippen molar-refractivity contribution in [2.75, 3.05) is 13.2 Å². The van der Waals surface area contributed by atoms with Gasteiger partial charge in [0.25, 0.3) is 0 Å². The van der Waals surface area contributed by atoms with Crippen LogP contribution in [0.3, 0.4) is 0 Å². The first-order valence-electron chi connectivity index (χ1n) is 29.1. The molecule has 0 fully saturated rings. The summed E-state index contributed by atoms with van der Waals surface area (Å²) in [5, 5.41) is 0. The zero-order chi connectivity index (χ0) is 47.7. The average molecular weight is 920 g/mol. The lowest BCUT2D eigenvalue weighted by Gasteiger charge is -2.18. The van der Waals surface area contributed by atoms with E-state index in [9.17, 15) is 14.4 Å². The molecule has 0 bridgehead atoms. The van der Waals surface area contributed by atoms with Crippen LogP contribution in [0.1, 0.15) is 324 Å². The highest BCUT2D eigenvalue weighted by molar-refractivity contribution is 5.71. The number of hydrogen-bond donors (Lipinski definition) is 0. The molecule has 65 heavy (non-hydrogen) atoms. The van der Waals surface area contributed by atoms with Gasteiger partial charge in [-0.2, -0.15) is 0 Å². The first kappa shape index (κ1) is 63.4. The Morgan fingerprint density at radius 3 is 0.662 bits per heavy atom. The molecule has 0 radical (unpaired) electrons. The summed E-state index contributed by atoms with van der Waals surface area (Å²) in [7, 11) is 0. The Kier molecular flexibility index (Phi) is 49.1. The van der Waals surface area contributed by atoms with E-state index in [1.54, 1.807) is 0 Å². The Morgan fingerprint density at radius 1 is 0.262 bits per heavy atom. The van der Waals surface area contributed by atoms with Crippen molar-refractivity contribution in [2.45, 2.75) is 330 Å². The molecular weight excluding hydrogens is 805 g/mol. The van der Waals surface area contributed by atoms with Gasteiger partial charge in [-0.15, -0.1) is 0 Å². The Hall–Kier alpha value is -1.59. The minimum absolute atomic E-state index is 0.0643. The van der Waals surface area contributed by atoms with Crippen LogP contribution in [0, 0.1) is 17.8 Å². The van der Waals surface area contributed by atoms with Crippen LogP contribution < -0.4 is 0 Å². The fourth-order valence-corrected chi connectivity index (χ4v) is 9.00. The van der Waals surface area contributed by atoms with Crippen molar-refractivity contribution >= 4 is 17.9 Å². The second-order valence-electron chi connectivity index (χ2n) is 21.7. The van der Waals surface area contributed by atoms with Gasteiger partial charge in [-0.25, -0.2) is 0 Å². The summed E-state index contributed by atoms with van der Waals surface area (Å²) >= 11 is 0. The van der Waals surface area contributed by atoms with Gasteiger partial charge in [0, 0.05) is 19.3 Å². The van der Waals surface area contributed by atoms with Crippen LogP contribution in [0.5, 0.6) is 0 Å². The largest absolute Gasteiger partial charge is 0.462 e. The van der Waals surface area contributed by atoms with Gasteiger partial charge in [-0.05, 0) is 37.0 Å². The molecule has 0 aliphatic heterocycles. The standard InChI is InChI=1S/C59H114O6/c1-53(2)45-39-33-27-23-19-15-11-9-7-8-10-12-18-22-26-30-38-44-50-59(62)65-56(52-64-58(61)49-43-37-32-31-35-41-47-55(5)6)51-63-57(60)48-42-36-29-25-21-17-14-13-16-20-24-28-34-40-46-54(3)4/h53-56H,7-52H2,1-6H3/t56-/m1/s1. The quantitative estimate of drug-likeness (QED) is 0.0344. The summed E-state index contributed by atoms with van der Waals surface area (Å²) in [5.41, 5.74) is 0. The molecule has 386 valence electrons. The number of esters is 3. The maximum absolute atomic E-state index is 12.8. The predicted octanol–water partition coefficient (Wildman–Crippen LogP) is 19.1. The fraction of sp³-hybridized carbons (Fsp3) is 0.949. The van der Waals surface area contributed by atoms with E-state index in [1.807, 2.05) is 0 Å². The normalized spacial score (nSPS) is 12.1. The molecule has 6 heteroatoms. The molecule has 0 unspecified atom stereocenters. The van der Waals surface area contributed by atoms with Gasteiger partial charge in [0.15, 0.2) is 6.10 Å². The monoisotopic (exact) mass is 919 g/mol. The highest BCUT2D eigenvalue weighted by Crippen LogP contribution is 2.18. The van der Waals surface area contributed by atoms with Crippen molar-refractivity contribution in [2.24, 2.45) is 17.8 Å². The van der Waals surface area contributed by atoms with Gasteiger partial charge >= 0.3 is 17.9 Å². The molecule has 0 rings (SSSR count). The van der Waals surface area contributed by atoms with E-state index >= 15 is 0 Å². The Balaban J connectivity index is 4.20. The smallest absolute Gasteiger partial charge is 0.306 e. The minimum Gasteiger partial charge on any atom is -0.462 e. The van der Waals surface area contributed by atoms with E-state index in [-0.39, 0.29) is 31.1 Å². The number of rotatable bonds is 52. The zero-order valence-corrected chi connectivity index (χ0v) is 44.8. The van der Waals surface area contributed by atoms with Crippen molar-refractivity contribution in [3.63, 3.8) is 0 Å². The Morgan fingerprint density at radius 2 is 0.446 bits per heavy atom. The molecule has 1 atom stereocenters. The second kappa shape index (κ2) is 50.3. The van der Waals surface area contributed by atoms with Gasteiger partial charge < -0.3 is 14.2 Å². The second-order valence-corrected chi connectivity index (χ2v) is 21.7. The third kappa shape index (κ3) is 53.2.